The smallest absolute Gasteiger partial charge is 0.209 e. The molecular weight excluding hydrogens is 288 g/mol. The Morgan fingerprint density at radius 3 is 2.48 bits per heavy atom. The number of nitrogens with zero attached hydrogens (tertiary/aromatic N) is 4. The van der Waals surface area contributed by atoms with Crippen LogP contribution in [0.4, 0.5) is 5.95 Å². The molecule has 0 radical (unpaired) electrons. The highest BCUT2D eigenvalue weighted by atomic mass is 16.1. The molecule has 5 nitrogen and oxygen atoms in total. The molecule has 2 aliphatic rings. The van der Waals surface area contributed by atoms with Crippen molar-refractivity contribution in [2.75, 3.05) is 31.1 Å². The van der Waals surface area contributed by atoms with Gasteiger partial charge in [0.2, 0.25) is 12.4 Å². The third kappa shape index (κ3) is 2.69. The van der Waals surface area contributed by atoms with E-state index in [2.05, 4.69) is 33.7 Å². The van der Waals surface area contributed by atoms with Gasteiger partial charge in [0, 0.05) is 32.2 Å². The molecular formula is C18H24N4O. The first-order chi connectivity index (χ1) is 11.4. The summed E-state index contributed by atoms with van der Waals surface area (Å²) in [6.45, 7) is 3.91. The lowest BCUT2D eigenvalue weighted by molar-refractivity contribution is -0.119. The molecule has 0 spiro atoms. The minimum Gasteiger partial charge on any atom is -0.345 e. The highest BCUT2D eigenvalue weighted by molar-refractivity contribution is 5.79. The van der Waals surface area contributed by atoms with E-state index in [0.29, 0.717) is 6.04 Å². The van der Waals surface area contributed by atoms with Gasteiger partial charge in [-0.3, -0.25) is 4.79 Å². The SMILES string of the molecule is O=CN1CCC(n2c(N3CCCCC3)nc3ccccc32)CC1. The monoisotopic (exact) mass is 312 g/mol. The van der Waals surface area contributed by atoms with E-state index in [1.165, 1.54) is 24.8 Å². The summed E-state index contributed by atoms with van der Waals surface area (Å²) in [5.74, 6) is 1.13. The van der Waals surface area contributed by atoms with Crippen LogP contribution in [0.25, 0.3) is 11.0 Å². The Labute approximate surface area is 136 Å². The van der Waals surface area contributed by atoms with Crippen molar-refractivity contribution < 1.29 is 4.79 Å². The van der Waals surface area contributed by atoms with E-state index in [4.69, 9.17) is 4.98 Å². The van der Waals surface area contributed by atoms with Crippen molar-refractivity contribution in [3.8, 4) is 0 Å². The molecule has 0 N–H and O–H groups in total. The van der Waals surface area contributed by atoms with Crippen LogP contribution in [-0.2, 0) is 4.79 Å². The third-order valence-electron chi connectivity index (χ3n) is 5.23. The maximum Gasteiger partial charge on any atom is 0.209 e. The van der Waals surface area contributed by atoms with Crippen LogP contribution in [0.2, 0.25) is 0 Å². The Kier molecular flexibility index (Phi) is 3.93. The van der Waals surface area contributed by atoms with Gasteiger partial charge in [-0.2, -0.15) is 0 Å². The molecule has 5 heteroatoms. The van der Waals surface area contributed by atoms with E-state index < -0.39 is 0 Å². The standard InChI is InChI=1S/C18H24N4O/c23-14-20-12-8-15(9-13-20)22-17-7-3-2-6-16(17)19-18(22)21-10-4-1-5-11-21/h2-3,6-7,14-15H,1,4-5,8-13H2. The molecule has 1 aromatic carbocycles. The molecule has 23 heavy (non-hydrogen) atoms. The van der Waals surface area contributed by atoms with Gasteiger partial charge < -0.3 is 14.4 Å². The molecule has 0 saturated carbocycles. The average Bonchev–Trinajstić information content (AvgIpc) is 3.02. The predicted molar refractivity (Wildman–Crippen MR) is 91.7 cm³/mol. The second-order valence-electron chi connectivity index (χ2n) is 6.69. The van der Waals surface area contributed by atoms with Crippen molar-refractivity contribution in [1.82, 2.24) is 14.5 Å². The largest absolute Gasteiger partial charge is 0.345 e. The molecule has 0 aliphatic carbocycles. The number of aromatic nitrogens is 2. The lowest BCUT2D eigenvalue weighted by atomic mass is 10.0. The Hall–Kier alpha value is -2.04. The molecule has 2 fully saturated rings. The number of piperidine rings is 2. The molecule has 122 valence electrons. The number of anilines is 1. The molecule has 4 rings (SSSR count). The van der Waals surface area contributed by atoms with E-state index in [9.17, 15) is 4.79 Å². The number of hydrogen-bond donors (Lipinski definition) is 0. The van der Waals surface area contributed by atoms with E-state index in [0.717, 1.165) is 56.9 Å². The number of amides is 1. The fourth-order valence-electron chi connectivity index (χ4n) is 3.96. The van der Waals surface area contributed by atoms with Crippen LogP contribution in [0, 0.1) is 0 Å². The highest BCUT2D eigenvalue weighted by Crippen LogP contribution is 2.33. The van der Waals surface area contributed by atoms with Crippen LogP contribution in [0.3, 0.4) is 0 Å². The van der Waals surface area contributed by atoms with E-state index in [1.807, 2.05) is 4.90 Å². The number of likely N-dealkylation sites (tertiary alicyclic amines) is 1. The second kappa shape index (κ2) is 6.22. The van der Waals surface area contributed by atoms with Crippen LogP contribution < -0.4 is 4.90 Å². The van der Waals surface area contributed by atoms with Crippen molar-refractivity contribution in [1.29, 1.82) is 0 Å². The van der Waals surface area contributed by atoms with Crippen molar-refractivity contribution in [3.05, 3.63) is 24.3 Å². The summed E-state index contributed by atoms with van der Waals surface area (Å²) in [6, 6.07) is 8.90. The Balaban J connectivity index is 1.72. The van der Waals surface area contributed by atoms with Crippen molar-refractivity contribution >= 4 is 23.4 Å². The highest BCUT2D eigenvalue weighted by Gasteiger charge is 2.26. The third-order valence-corrected chi connectivity index (χ3v) is 5.23. The first kappa shape index (κ1) is 14.5. The van der Waals surface area contributed by atoms with Crippen molar-refractivity contribution in [2.24, 2.45) is 0 Å². The van der Waals surface area contributed by atoms with Gasteiger partial charge in [0.25, 0.3) is 0 Å². The molecule has 2 aromatic rings. The minimum atomic E-state index is 0.440. The van der Waals surface area contributed by atoms with Gasteiger partial charge >= 0.3 is 0 Å². The van der Waals surface area contributed by atoms with Gasteiger partial charge in [-0.1, -0.05) is 12.1 Å². The number of fused-ring (bicyclic) bond motifs is 1. The zero-order valence-corrected chi connectivity index (χ0v) is 13.5. The normalized spacial score (nSPS) is 20.2. The van der Waals surface area contributed by atoms with Gasteiger partial charge in [-0.05, 0) is 44.2 Å². The molecule has 1 aromatic heterocycles. The molecule has 0 atom stereocenters. The molecule has 0 bridgehead atoms. The number of carbonyl (C=O) groups excluding carboxylic acids is 1. The lowest BCUT2D eigenvalue weighted by Crippen LogP contribution is -2.36. The van der Waals surface area contributed by atoms with Crippen LogP contribution in [0.5, 0.6) is 0 Å². The Morgan fingerprint density at radius 1 is 1.00 bits per heavy atom. The summed E-state index contributed by atoms with van der Waals surface area (Å²) < 4.78 is 2.45. The fourth-order valence-corrected chi connectivity index (χ4v) is 3.96. The summed E-state index contributed by atoms with van der Waals surface area (Å²) >= 11 is 0. The number of carbonyl (C=O) groups is 1. The molecule has 0 unspecified atom stereocenters. The number of hydrogen-bond acceptors (Lipinski definition) is 3. The summed E-state index contributed by atoms with van der Waals surface area (Å²) in [4.78, 5) is 20.3. The minimum absolute atomic E-state index is 0.440. The zero-order chi connectivity index (χ0) is 15.6. The summed E-state index contributed by atoms with van der Waals surface area (Å²) in [5, 5.41) is 0. The maximum absolute atomic E-state index is 11.0. The van der Waals surface area contributed by atoms with Crippen LogP contribution in [-0.4, -0.2) is 47.0 Å². The van der Waals surface area contributed by atoms with Crippen LogP contribution in [0.1, 0.15) is 38.1 Å². The first-order valence-electron chi connectivity index (χ1n) is 8.78. The summed E-state index contributed by atoms with van der Waals surface area (Å²) in [6.07, 6.45) is 6.85. The topological polar surface area (TPSA) is 41.4 Å². The van der Waals surface area contributed by atoms with Crippen molar-refractivity contribution in [3.63, 3.8) is 0 Å². The zero-order valence-electron chi connectivity index (χ0n) is 13.5. The molecule has 2 saturated heterocycles. The Morgan fingerprint density at radius 2 is 1.74 bits per heavy atom. The van der Waals surface area contributed by atoms with Crippen molar-refractivity contribution in [2.45, 2.75) is 38.1 Å². The number of imidazole rings is 1. The number of para-hydroxylation sites is 2. The molecule has 3 heterocycles. The lowest BCUT2D eigenvalue weighted by Gasteiger charge is -2.34. The van der Waals surface area contributed by atoms with Gasteiger partial charge in [0.15, 0.2) is 0 Å². The maximum atomic E-state index is 11.0. The van der Waals surface area contributed by atoms with Crippen LogP contribution >= 0.6 is 0 Å². The predicted octanol–water partition coefficient (Wildman–Crippen LogP) is 2.82. The quantitative estimate of drug-likeness (QED) is 0.818. The second-order valence-corrected chi connectivity index (χ2v) is 6.69. The van der Waals surface area contributed by atoms with Gasteiger partial charge in [0.05, 0.1) is 11.0 Å². The fraction of sp³-hybridized carbons (Fsp3) is 0.556. The molecule has 2 aliphatic heterocycles. The van der Waals surface area contributed by atoms with E-state index >= 15 is 0 Å². The first-order valence-corrected chi connectivity index (χ1v) is 8.78. The summed E-state index contributed by atoms with van der Waals surface area (Å²) in [5.41, 5.74) is 2.32. The Bertz CT molecular complexity index is 681. The summed E-state index contributed by atoms with van der Waals surface area (Å²) in [7, 11) is 0. The van der Waals surface area contributed by atoms with Gasteiger partial charge in [-0.25, -0.2) is 4.98 Å². The van der Waals surface area contributed by atoms with Crippen LogP contribution in [0.15, 0.2) is 24.3 Å². The van der Waals surface area contributed by atoms with Gasteiger partial charge in [-0.15, -0.1) is 0 Å². The van der Waals surface area contributed by atoms with Gasteiger partial charge in [0.1, 0.15) is 0 Å². The van der Waals surface area contributed by atoms with E-state index in [-0.39, 0.29) is 0 Å². The molecule has 1 amide bonds. The average molecular weight is 312 g/mol. The number of benzene rings is 1. The van der Waals surface area contributed by atoms with E-state index in [1.54, 1.807) is 0 Å². The number of rotatable bonds is 3.